The Hall–Kier alpha value is -1.05. The molecule has 1 fully saturated rings. The highest BCUT2D eigenvalue weighted by atomic mass is 15.0. The van der Waals surface area contributed by atoms with Gasteiger partial charge in [0.25, 0.3) is 0 Å². The van der Waals surface area contributed by atoms with Crippen LogP contribution in [-0.2, 0) is 0 Å². The van der Waals surface area contributed by atoms with Gasteiger partial charge in [-0.2, -0.15) is 0 Å². The Balaban J connectivity index is 1.94. The minimum absolute atomic E-state index is 0.575. The third kappa shape index (κ3) is 2.72. The Morgan fingerprint density at radius 2 is 2.00 bits per heavy atom. The molecule has 0 atom stereocenters. The van der Waals surface area contributed by atoms with Gasteiger partial charge < -0.3 is 5.32 Å². The molecule has 0 radical (unpaired) electrons. The first kappa shape index (κ1) is 9.50. The number of hydrogen-bond acceptors (Lipinski definition) is 1. The van der Waals surface area contributed by atoms with E-state index < -0.39 is 0 Å². The van der Waals surface area contributed by atoms with Crippen molar-refractivity contribution in [2.45, 2.75) is 44.6 Å². The van der Waals surface area contributed by atoms with E-state index in [9.17, 15) is 0 Å². The molecule has 1 heterocycles. The lowest BCUT2D eigenvalue weighted by atomic mass is 9.96. The predicted octanol–water partition coefficient (Wildman–Crippen LogP) is 2.78. The fourth-order valence-electron chi connectivity index (χ4n) is 2.04. The van der Waals surface area contributed by atoms with Crippen molar-refractivity contribution in [3.63, 3.8) is 0 Å². The molecule has 76 valence electrons. The number of aliphatic imine (C=N–C) groups is 1. The van der Waals surface area contributed by atoms with Gasteiger partial charge in [-0.1, -0.05) is 31.4 Å². The highest BCUT2D eigenvalue weighted by Gasteiger charge is 2.12. The maximum Gasteiger partial charge on any atom is 0.104 e. The Morgan fingerprint density at radius 1 is 1.14 bits per heavy atom. The van der Waals surface area contributed by atoms with E-state index in [1.54, 1.807) is 0 Å². The van der Waals surface area contributed by atoms with Crippen LogP contribution >= 0.6 is 0 Å². The Bertz CT molecular complexity index is 241. The third-order valence-electron chi connectivity index (χ3n) is 2.82. The van der Waals surface area contributed by atoms with Gasteiger partial charge in [0.2, 0.25) is 0 Å². The number of hydrogen-bond donors (Lipinski definition) is 1. The van der Waals surface area contributed by atoms with Crippen LogP contribution in [0.2, 0.25) is 0 Å². The predicted molar refractivity (Wildman–Crippen MR) is 60.3 cm³/mol. The molecule has 2 rings (SSSR count). The van der Waals surface area contributed by atoms with Crippen LogP contribution in [0.1, 0.15) is 38.5 Å². The van der Waals surface area contributed by atoms with Crippen LogP contribution in [0.25, 0.3) is 0 Å². The molecule has 2 aliphatic rings. The van der Waals surface area contributed by atoms with Crippen molar-refractivity contribution >= 4 is 5.84 Å². The van der Waals surface area contributed by atoms with Crippen molar-refractivity contribution in [3.8, 4) is 0 Å². The van der Waals surface area contributed by atoms with Crippen molar-refractivity contribution in [2.75, 3.05) is 0 Å². The second-order valence-electron chi connectivity index (χ2n) is 4.00. The smallest absolute Gasteiger partial charge is 0.104 e. The van der Waals surface area contributed by atoms with E-state index in [2.05, 4.69) is 17.5 Å². The maximum atomic E-state index is 4.76. The van der Waals surface area contributed by atoms with Crippen molar-refractivity contribution < 1.29 is 0 Å². The third-order valence-corrected chi connectivity index (χ3v) is 2.82. The standard InChI is InChI=1S/C12H18N2/c1-3-7-11(8-4-1)14-12-9-5-2-6-10-13-12/h2,5-6,10-11H,1,3-4,7-9H2,(H,13,14). The number of rotatable bonds is 1. The van der Waals surface area contributed by atoms with Gasteiger partial charge in [-0.05, 0) is 18.9 Å². The lowest BCUT2D eigenvalue weighted by Crippen LogP contribution is -2.20. The molecule has 14 heavy (non-hydrogen) atoms. The van der Waals surface area contributed by atoms with Gasteiger partial charge in [0.05, 0.1) is 6.04 Å². The molecule has 1 aliphatic heterocycles. The van der Waals surface area contributed by atoms with Crippen molar-refractivity contribution in [1.82, 2.24) is 5.32 Å². The number of amidine groups is 1. The average molecular weight is 190 g/mol. The van der Waals surface area contributed by atoms with Crippen LogP contribution < -0.4 is 5.32 Å². The highest BCUT2D eigenvalue weighted by Crippen LogP contribution is 2.20. The van der Waals surface area contributed by atoms with Crippen molar-refractivity contribution in [3.05, 3.63) is 24.4 Å². The van der Waals surface area contributed by atoms with E-state index in [0.717, 1.165) is 12.3 Å². The van der Waals surface area contributed by atoms with E-state index >= 15 is 0 Å². The Labute approximate surface area is 85.8 Å². The van der Waals surface area contributed by atoms with Gasteiger partial charge in [0, 0.05) is 12.6 Å². The molecule has 2 nitrogen and oxygen atoms in total. The summed E-state index contributed by atoms with van der Waals surface area (Å²) < 4.78 is 0. The molecule has 0 aromatic carbocycles. The molecule has 2 heteroatoms. The summed E-state index contributed by atoms with van der Waals surface area (Å²) in [6, 6.07) is 0.575. The summed E-state index contributed by atoms with van der Waals surface area (Å²) in [5.74, 6) is 1.13. The molecule has 0 aromatic rings. The van der Waals surface area contributed by atoms with Crippen LogP contribution in [0, 0.1) is 0 Å². The number of nitrogens with one attached hydrogen (secondary N) is 1. The topological polar surface area (TPSA) is 24.4 Å². The van der Waals surface area contributed by atoms with E-state index in [-0.39, 0.29) is 0 Å². The molecule has 0 unspecified atom stereocenters. The first-order valence-electron chi connectivity index (χ1n) is 5.60. The zero-order valence-electron chi connectivity index (χ0n) is 8.58. The molecule has 0 aromatic heterocycles. The monoisotopic (exact) mass is 190 g/mol. The van der Waals surface area contributed by atoms with Crippen LogP contribution in [0.5, 0.6) is 0 Å². The van der Waals surface area contributed by atoms with Gasteiger partial charge in [-0.3, -0.25) is 4.99 Å². The first-order valence-corrected chi connectivity index (χ1v) is 5.60. The van der Waals surface area contributed by atoms with Gasteiger partial charge in [-0.15, -0.1) is 0 Å². The average Bonchev–Trinajstić information content (AvgIpc) is 2.48. The van der Waals surface area contributed by atoms with E-state index in [4.69, 9.17) is 4.99 Å². The van der Waals surface area contributed by atoms with Crippen LogP contribution in [-0.4, -0.2) is 11.9 Å². The van der Waals surface area contributed by atoms with Gasteiger partial charge in [0.1, 0.15) is 5.84 Å². The van der Waals surface area contributed by atoms with Crippen LogP contribution in [0.4, 0.5) is 0 Å². The summed E-state index contributed by atoms with van der Waals surface area (Å²) in [5, 5.41) is 3.24. The van der Waals surface area contributed by atoms with E-state index in [0.29, 0.717) is 6.04 Å². The minimum atomic E-state index is 0.575. The second-order valence-corrected chi connectivity index (χ2v) is 4.00. The molecular formula is C12H18N2. The fraction of sp³-hybridized carbons (Fsp3) is 0.583. The summed E-state index contributed by atoms with van der Waals surface area (Å²) in [4.78, 5) is 4.76. The fourth-order valence-corrected chi connectivity index (χ4v) is 2.04. The molecule has 1 aliphatic carbocycles. The second kappa shape index (κ2) is 4.99. The SMILES string of the molecule is C1=CCC(=NC2CCCCC2)NC=C1. The van der Waals surface area contributed by atoms with E-state index in [1.807, 2.05) is 12.3 Å². The van der Waals surface area contributed by atoms with E-state index in [1.165, 1.54) is 32.1 Å². The maximum absolute atomic E-state index is 4.76. The molecule has 0 spiro atoms. The zero-order valence-corrected chi connectivity index (χ0v) is 8.58. The van der Waals surface area contributed by atoms with Gasteiger partial charge in [0.15, 0.2) is 0 Å². The summed E-state index contributed by atoms with van der Waals surface area (Å²) in [7, 11) is 0. The minimum Gasteiger partial charge on any atom is -0.350 e. The number of nitrogens with zero attached hydrogens (tertiary/aromatic N) is 1. The molecule has 1 saturated carbocycles. The largest absolute Gasteiger partial charge is 0.350 e. The molecule has 1 N–H and O–H groups in total. The lowest BCUT2D eigenvalue weighted by molar-refractivity contribution is 0.442. The normalized spacial score (nSPS) is 26.1. The van der Waals surface area contributed by atoms with Gasteiger partial charge in [-0.25, -0.2) is 0 Å². The molecule has 0 saturated heterocycles. The zero-order chi connectivity index (χ0) is 9.64. The molecule has 0 amide bonds. The summed E-state index contributed by atoms with van der Waals surface area (Å²) in [6.45, 7) is 0. The number of allylic oxidation sites excluding steroid dienone is 2. The molecule has 0 bridgehead atoms. The van der Waals surface area contributed by atoms with Crippen molar-refractivity contribution in [2.24, 2.45) is 4.99 Å². The van der Waals surface area contributed by atoms with Crippen LogP contribution in [0.3, 0.4) is 0 Å². The lowest BCUT2D eigenvalue weighted by Gasteiger charge is -2.18. The molecular weight excluding hydrogens is 172 g/mol. The van der Waals surface area contributed by atoms with Gasteiger partial charge >= 0.3 is 0 Å². The van der Waals surface area contributed by atoms with Crippen molar-refractivity contribution in [1.29, 1.82) is 0 Å². The summed E-state index contributed by atoms with van der Waals surface area (Å²) in [5.41, 5.74) is 0. The Morgan fingerprint density at radius 3 is 2.86 bits per heavy atom. The van der Waals surface area contributed by atoms with Crippen LogP contribution in [0.15, 0.2) is 29.4 Å². The Kier molecular flexibility index (Phi) is 3.39. The quantitative estimate of drug-likeness (QED) is 0.675. The first-order chi connectivity index (χ1) is 6.95. The summed E-state index contributed by atoms with van der Waals surface area (Å²) >= 11 is 0. The summed E-state index contributed by atoms with van der Waals surface area (Å²) in [6.07, 6.45) is 15.8. The highest BCUT2D eigenvalue weighted by molar-refractivity contribution is 5.85.